The van der Waals surface area contributed by atoms with Gasteiger partial charge in [0, 0.05) is 72.1 Å². The van der Waals surface area contributed by atoms with Crippen LogP contribution in [0.2, 0.25) is 0 Å². The van der Waals surface area contributed by atoms with Crippen molar-refractivity contribution < 1.29 is 39.5 Å². The summed E-state index contributed by atoms with van der Waals surface area (Å²) in [6.45, 7) is 12.0. The predicted octanol–water partition coefficient (Wildman–Crippen LogP) is 8.57. The van der Waals surface area contributed by atoms with E-state index in [1.807, 2.05) is 63.1 Å². The van der Waals surface area contributed by atoms with Crippen LogP contribution in [0.5, 0.6) is 23.3 Å². The van der Waals surface area contributed by atoms with Gasteiger partial charge in [0.1, 0.15) is 23.9 Å². The lowest BCUT2D eigenvalue weighted by atomic mass is 9.95. The van der Waals surface area contributed by atoms with Crippen molar-refractivity contribution in [3.63, 3.8) is 0 Å². The van der Waals surface area contributed by atoms with Crippen LogP contribution in [0, 0.1) is 5.92 Å². The first-order chi connectivity index (χ1) is 34.3. The second-order valence-electron chi connectivity index (χ2n) is 19.2. The summed E-state index contributed by atoms with van der Waals surface area (Å²) in [7, 11) is 0. The van der Waals surface area contributed by atoms with E-state index in [9.17, 15) is 34.8 Å². The smallest absolute Gasteiger partial charge is 0.415 e. The minimum atomic E-state index is -0.950. The van der Waals surface area contributed by atoms with Crippen molar-refractivity contribution >= 4 is 46.3 Å². The number of aryl methyl sites for hydroxylation is 2. The lowest BCUT2D eigenvalue weighted by molar-refractivity contribution is -0.129. The maximum absolute atomic E-state index is 13.6. The first-order valence-corrected chi connectivity index (χ1v) is 25.3. The summed E-state index contributed by atoms with van der Waals surface area (Å²) in [5.41, 5.74) is 6.94. The molecule has 370 valence electrons. The summed E-state index contributed by atoms with van der Waals surface area (Å²) < 4.78 is 18.8. The molecule has 0 radical (unpaired) electrons. The van der Waals surface area contributed by atoms with E-state index in [0.717, 1.165) is 79.2 Å². The first kappa shape index (κ1) is 47.8. The lowest BCUT2D eigenvalue weighted by Gasteiger charge is -2.36. The number of fused-ring (bicyclic) bond motifs is 5. The second-order valence-corrected chi connectivity index (χ2v) is 20.6. The number of benzene rings is 3. The quantitative estimate of drug-likeness (QED) is 0.0594. The fourth-order valence-corrected chi connectivity index (χ4v) is 11.9. The van der Waals surface area contributed by atoms with Gasteiger partial charge >= 0.3 is 12.1 Å². The number of carbonyl (C=O) groups excluding carboxylic acids is 2. The highest BCUT2D eigenvalue weighted by atomic mass is 32.2. The number of hydrogen-bond acceptors (Lipinski definition) is 14. The number of phenolic OH excluding ortho intramolecular Hbond substituents is 2. The van der Waals surface area contributed by atoms with Gasteiger partial charge in [-0.2, -0.15) is 0 Å². The van der Waals surface area contributed by atoms with E-state index in [2.05, 4.69) is 31.3 Å². The van der Waals surface area contributed by atoms with Crippen LogP contribution in [0.3, 0.4) is 0 Å². The largest absolute Gasteiger partial charge is 0.508 e. The number of likely N-dealkylation sites (tertiary alicyclic amines) is 1. The fourth-order valence-electron chi connectivity index (χ4n) is 10.6. The number of phenols is 2. The average Bonchev–Trinajstić information content (AvgIpc) is 4.07. The molecule has 1 atom stereocenters. The maximum Gasteiger partial charge on any atom is 0.415 e. The van der Waals surface area contributed by atoms with E-state index in [1.54, 1.807) is 34.6 Å². The Kier molecular flexibility index (Phi) is 13.3. The van der Waals surface area contributed by atoms with Gasteiger partial charge in [0.2, 0.25) is 0 Å². The van der Waals surface area contributed by atoms with Crippen LogP contribution < -0.4 is 10.3 Å². The Bertz CT molecular complexity index is 3240. The molecule has 0 aliphatic carbocycles. The zero-order valence-corrected chi connectivity index (χ0v) is 41.1. The zero-order chi connectivity index (χ0) is 49.7. The molecule has 10 rings (SSSR count). The van der Waals surface area contributed by atoms with E-state index in [4.69, 9.17) is 14.5 Å². The summed E-state index contributed by atoms with van der Waals surface area (Å²) >= 11 is 1.94. The molecule has 17 nitrogen and oxygen atoms in total. The number of ether oxygens (including phenoxy) is 2. The second kappa shape index (κ2) is 19.7. The van der Waals surface area contributed by atoms with E-state index in [-0.39, 0.29) is 66.1 Å². The molecule has 4 N–H and O–H groups in total. The van der Waals surface area contributed by atoms with Crippen LogP contribution in [-0.4, -0.2) is 103 Å². The molecule has 3 aliphatic rings. The van der Waals surface area contributed by atoms with Gasteiger partial charge < -0.3 is 43.9 Å². The molecular weight excluding hydrogens is 925 g/mol. The average molecular weight is 983 g/mol. The Labute approximate surface area is 414 Å². The number of aromatic hydroxyl groups is 3. The molecule has 7 heterocycles. The zero-order valence-electron chi connectivity index (χ0n) is 40.2. The van der Waals surface area contributed by atoms with Crippen LogP contribution in [0.25, 0.3) is 50.3 Å². The van der Waals surface area contributed by atoms with Gasteiger partial charge in [0.25, 0.3) is 12.0 Å². The van der Waals surface area contributed by atoms with E-state index in [0.29, 0.717) is 75.7 Å². The van der Waals surface area contributed by atoms with Crippen LogP contribution in [-0.2, 0) is 35.6 Å². The summed E-state index contributed by atoms with van der Waals surface area (Å²) in [6.07, 6.45) is 6.51. The fraction of sp³-hybridized carbons (Fsp3) is 0.396. The molecule has 0 saturated carbocycles. The SMILES string of the molecule is CCc1c2c(nc3ccc(OC(=O)N4CCC(SN5CCC(CCn6ccc7cc(-n8c(O)nnc8-c8cc(C(C)C)c(O)cc8O)ccc76)CC5)CC4)cc13)-c1cc(C(C)O)c(COC=O)c(=O)n1C2. The maximum atomic E-state index is 13.6. The summed E-state index contributed by atoms with van der Waals surface area (Å²) in [5, 5.41) is 52.8. The lowest BCUT2D eigenvalue weighted by Crippen LogP contribution is -2.42. The molecule has 3 aliphatic heterocycles. The summed E-state index contributed by atoms with van der Waals surface area (Å²) in [6, 6.07) is 17.9. The van der Waals surface area contributed by atoms with Crippen molar-refractivity contribution in [2.45, 2.75) is 103 Å². The predicted molar refractivity (Wildman–Crippen MR) is 270 cm³/mol. The van der Waals surface area contributed by atoms with Gasteiger partial charge in [-0.25, -0.2) is 14.3 Å². The number of aromatic nitrogens is 6. The van der Waals surface area contributed by atoms with E-state index in [1.165, 1.54) is 10.6 Å². The normalized spacial score (nSPS) is 15.9. The van der Waals surface area contributed by atoms with Crippen molar-refractivity contribution in [3.8, 4) is 51.7 Å². The standard InChI is InChI=1S/C53H58N8O9S/c1-5-37-40-23-35(7-8-44(40)54-49-42(37)27-60-46(49)25-39(31(4)63)43(51(60)66)28-69-29-62)70-53(68)58-18-14-36(15-19-58)71-59-20-11-32(12-21-59)10-16-57-17-13-33-22-34(6-9-45(33)57)61-50(55-56-52(61)67)41-24-38(30(2)3)47(64)26-48(41)65/h6-9,13,17,22-26,29-32,36,63-65H,5,10-12,14-16,18-21,27-28H2,1-4H3,(H,56,67). The van der Waals surface area contributed by atoms with E-state index < -0.39 is 6.10 Å². The van der Waals surface area contributed by atoms with Gasteiger partial charge in [0.05, 0.1) is 46.4 Å². The van der Waals surface area contributed by atoms with Crippen LogP contribution in [0.1, 0.15) is 99.6 Å². The number of amides is 1. The monoisotopic (exact) mass is 982 g/mol. The summed E-state index contributed by atoms with van der Waals surface area (Å²) in [5.74, 6) is 1.16. The van der Waals surface area contributed by atoms with Crippen molar-refractivity contribution in [1.82, 2.24) is 38.1 Å². The molecule has 2 saturated heterocycles. The topological polar surface area (TPSA) is 211 Å². The molecule has 4 aromatic heterocycles. The molecular formula is C53H58N8O9S. The number of piperidine rings is 2. The van der Waals surface area contributed by atoms with Crippen LogP contribution >= 0.6 is 11.9 Å². The number of pyridine rings is 2. The molecule has 0 spiro atoms. The number of aliphatic hydroxyl groups is 1. The molecule has 1 unspecified atom stereocenters. The van der Waals surface area contributed by atoms with Gasteiger partial charge in [-0.3, -0.25) is 13.9 Å². The molecule has 7 aromatic rings. The third-order valence-electron chi connectivity index (χ3n) is 14.5. The van der Waals surface area contributed by atoms with E-state index >= 15 is 0 Å². The van der Waals surface area contributed by atoms with Gasteiger partial charge in [-0.1, -0.05) is 37.8 Å². The van der Waals surface area contributed by atoms with Crippen molar-refractivity contribution in [3.05, 3.63) is 105 Å². The first-order valence-electron chi connectivity index (χ1n) is 24.4. The molecule has 71 heavy (non-hydrogen) atoms. The Morgan fingerprint density at radius 1 is 0.901 bits per heavy atom. The Morgan fingerprint density at radius 3 is 2.42 bits per heavy atom. The van der Waals surface area contributed by atoms with Crippen molar-refractivity contribution in [1.29, 1.82) is 0 Å². The van der Waals surface area contributed by atoms with Gasteiger partial charge in [0.15, 0.2) is 5.82 Å². The van der Waals surface area contributed by atoms with Crippen LogP contribution in [0.15, 0.2) is 71.7 Å². The number of carbonyl (C=O) groups is 2. The molecule has 1 amide bonds. The Balaban J connectivity index is 0.709. The Hall–Kier alpha value is -6.89. The highest BCUT2D eigenvalue weighted by Crippen LogP contribution is 2.41. The van der Waals surface area contributed by atoms with Gasteiger partial charge in [-0.05, 0) is 129 Å². The molecule has 0 bridgehead atoms. The minimum Gasteiger partial charge on any atom is -0.508 e. The van der Waals surface area contributed by atoms with Gasteiger partial charge in [-0.15, -0.1) is 5.10 Å². The Morgan fingerprint density at radius 2 is 1.69 bits per heavy atom. The number of nitrogens with zero attached hydrogens (tertiary/aromatic N) is 8. The molecule has 18 heteroatoms. The third kappa shape index (κ3) is 9.19. The number of rotatable bonds is 14. The minimum absolute atomic E-state index is 0.000361. The number of hydrogen-bond donors (Lipinski definition) is 4. The van der Waals surface area contributed by atoms with Crippen molar-refractivity contribution in [2.24, 2.45) is 5.92 Å². The van der Waals surface area contributed by atoms with Crippen LogP contribution in [0.4, 0.5) is 4.79 Å². The molecule has 2 fully saturated rings. The highest BCUT2D eigenvalue weighted by Gasteiger charge is 2.31. The van der Waals surface area contributed by atoms with Crippen molar-refractivity contribution in [2.75, 3.05) is 26.2 Å². The number of aliphatic hydroxyl groups excluding tert-OH is 1. The molecule has 3 aromatic carbocycles. The summed E-state index contributed by atoms with van der Waals surface area (Å²) in [4.78, 5) is 44.9. The third-order valence-corrected chi connectivity index (χ3v) is 15.9. The highest BCUT2D eigenvalue weighted by molar-refractivity contribution is 7.97.